The Bertz CT molecular complexity index is 997. The first-order valence-electron chi connectivity index (χ1n) is 6.37. The van der Waals surface area contributed by atoms with Crippen LogP contribution in [-0.4, -0.2) is 18.3 Å². The van der Waals surface area contributed by atoms with E-state index in [9.17, 15) is 22.9 Å². The third-order valence-corrected chi connectivity index (χ3v) is 6.28. The average molecular weight is 352 g/mol. The van der Waals surface area contributed by atoms with Crippen LogP contribution >= 0.6 is 11.3 Å². The van der Waals surface area contributed by atoms with E-state index in [1.807, 2.05) is 0 Å². The highest BCUT2D eigenvalue weighted by Crippen LogP contribution is 2.30. The lowest BCUT2D eigenvalue weighted by atomic mass is 10.2. The molecule has 23 heavy (non-hydrogen) atoms. The molecule has 1 heterocycles. The van der Waals surface area contributed by atoms with Gasteiger partial charge in [-0.2, -0.15) is 0 Å². The van der Waals surface area contributed by atoms with Crippen LogP contribution in [0.3, 0.4) is 0 Å². The van der Waals surface area contributed by atoms with Gasteiger partial charge in [0, 0.05) is 12.1 Å². The molecule has 0 aliphatic carbocycles. The van der Waals surface area contributed by atoms with Gasteiger partial charge in [0.25, 0.3) is 5.69 Å². The maximum absolute atomic E-state index is 12.9. The van der Waals surface area contributed by atoms with Crippen molar-refractivity contribution in [1.29, 1.82) is 0 Å². The van der Waals surface area contributed by atoms with Gasteiger partial charge in [0.1, 0.15) is 5.82 Å². The Morgan fingerprint density at radius 2 is 1.87 bits per heavy atom. The van der Waals surface area contributed by atoms with E-state index in [1.54, 1.807) is 0 Å². The fourth-order valence-electron chi connectivity index (χ4n) is 2.00. The number of thiazole rings is 1. The molecular weight excluding hydrogens is 343 g/mol. The Morgan fingerprint density at radius 1 is 1.17 bits per heavy atom. The van der Waals surface area contributed by atoms with E-state index in [0.717, 1.165) is 11.3 Å². The van der Waals surface area contributed by atoms with Gasteiger partial charge >= 0.3 is 0 Å². The minimum atomic E-state index is -3.71. The van der Waals surface area contributed by atoms with E-state index in [-0.39, 0.29) is 21.3 Å². The zero-order valence-corrected chi connectivity index (χ0v) is 13.1. The second-order valence-electron chi connectivity index (χ2n) is 4.77. The Kier molecular flexibility index (Phi) is 3.82. The van der Waals surface area contributed by atoms with Crippen molar-refractivity contribution < 1.29 is 17.7 Å². The van der Waals surface area contributed by atoms with Crippen LogP contribution in [0.5, 0.6) is 0 Å². The fraction of sp³-hybridized carbons (Fsp3) is 0.0714. The van der Waals surface area contributed by atoms with Gasteiger partial charge in [0.15, 0.2) is 0 Å². The molecule has 9 heteroatoms. The van der Waals surface area contributed by atoms with Gasteiger partial charge in [0.2, 0.25) is 14.2 Å². The summed E-state index contributed by atoms with van der Waals surface area (Å²) in [6, 6.07) is 9.18. The van der Waals surface area contributed by atoms with Gasteiger partial charge in [-0.05, 0) is 23.8 Å². The number of benzene rings is 2. The molecule has 0 saturated heterocycles. The first kappa shape index (κ1) is 15.5. The van der Waals surface area contributed by atoms with Crippen LogP contribution in [0.4, 0.5) is 10.1 Å². The van der Waals surface area contributed by atoms with Gasteiger partial charge in [0.05, 0.1) is 20.9 Å². The summed E-state index contributed by atoms with van der Waals surface area (Å²) >= 11 is 0.951. The van der Waals surface area contributed by atoms with Crippen LogP contribution in [0, 0.1) is 15.9 Å². The second kappa shape index (κ2) is 5.67. The Balaban J connectivity index is 1.97. The average Bonchev–Trinajstić information content (AvgIpc) is 2.93. The van der Waals surface area contributed by atoms with Crippen molar-refractivity contribution in [3.63, 3.8) is 0 Å². The summed E-state index contributed by atoms with van der Waals surface area (Å²) < 4.78 is 38.1. The van der Waals surface area contributed by atoms with E-state index in [1.165, 1.54) is 42.5 Å². The molecule has 1 aromatic heterocycles. The van der Waals surface area contributed by atoms with E-state index < -0.39 is 20.6 Å². The summed E-state index contributed by atoms with van der Waals surface area (Å²) in [7, 11) is -3.71. The fourth-order valence-corrected chi connectivity index (χ4v) is 4.63. The highest BCUT2D eigenvalue weighted by atomic mass is 32.2. The smallest absolute Gasteiger partial charge is 0.258 e. The molecular formula is C14H9FN2O4S2. The van der Waals surface area contributed by atoms with Gasteiger partial charge in [-0.1, -0.05) is 12.1 Å². The standard InChI is InChI=1S/C14H9FN2O4S2/c15-10-3-1-9(2-4-10)8-23(20,21)14-16-12-7-11(17(18)19)5-6-13(12)22-14/h1-7H,8H2. The van der Waals surface area contributed by atoms with Crippen LogP contribution in [-0.2, 0) is 15.6 Å². The number of non-ortho nitro benzene ring substituents is 1. The second-order valence-corrected chi connectivity index (χ2v) is 7.97. The minimum absolute atomic E-state index is 0.114. The number of hydrogen-bond acceptors (Lipinski definition) is 6. The van der Waals surface area contributed by atoms with E-state index in [4.69, 9.17) is 0 Å². The highest BCUT2D eigenvalue weighted by molar-refractivity contribution is 7.92. The quantitative estimate of drug-likeness (QED) is 0.531. The van der Waals surface area contributed by atoms with Gasteiger partial charge in [-0.15, -0.1) is 11.3 Å². The number of aromatic nitrogens is 1. The summed E-state index contributed by atoms with van der Waals surface area (Å²) in [5.41, 5.74) is 0.559. The number of hydrogen-bond donors (Lipinski definition) is 0. The normalized spacial score (nSPS) is 11.7. The molecule has 2 aromatic carbocycles. The number of nitrogens with zero attached hydrogens (tertiary/aromatic N) is 2. The van der Waals surface area contributed by atoms with Crippen LogP contribution < -0.4 is 0 Å². The largest absolute Gasteiger partial charge is 0.271 e. The molecule has 0 amide bonds. The summed E-state index contributed by atoms with van der Waals surface area (Å²) in [6.45, 7) is 0. The third-order valence-electron chi connectivity index (χ3n) is 3.10. The van der Waals surface area contributed by atoms with Crippen molar-refractivity contribution in [1.82, 2.24) is 4.98 Å². The van der Waals surface area contributed by atoms with Gasteiger partial charge in [-0.25, -0.2) is 17.8 Å². The summed E-state index contributed by atoms with van der Waals surface area (Å²) in [5, 5.41) is 10.7. The molecule has 0 atom stereocenters. The van der Waals surface area contributed by atoms with E-state index >= 15 is 0 Å². The zero-order valence-electron chi connectivity index (χ0n) is 11.5. The van der Waals surface area contributed by atoms with Crippen molar-refractivity contribution in [2.75, 3.05) is 0 Å². The maximum atomic E-state index is 12.9. The lowest BCUT2D eigenvalue weighted by Gasteiger charge is -2.00. The molecule has 3 aromatic rings. The number of halogens is 1. The van der Waals surface area contributed by atoms with Crippen molar-refractivity contribution in [3.8, 4) is 0 Å². The Labute approximate surface area is 134 Å². The maximum Gasteiger partial charge on any atom is 0.271 e. The van der Waals surface area contributed by atoms with Crippen LogP contribution in [0.1, 0.15) is 5.56 Å². The summed E-state index contributed by atoms with van der Waals surface area (Å²) in [4.78, 5) is 14.2. The highest BCUT2D eigenvalue weighted by Gasteiger charge is 2.21. The topological polar surface area (TPSA) is 90.2 Å². The number of nitro benzene ring substituents is 1. The molecule has 0 spiro atoms. The van der Waals surface area contributed by atoms with Crippen molar-refractivity contribution in [2.45, 2.75) is 10.1 Å². The number of fused-ring (bicyclic) bond motifs is 1. The summed E-state index contributed by atoms with van der Waals surface area (Å²) in [5.74, 6) is -0.756. The van der Waals surface area contributed by atoms with E-state index in [0.29, 0.717) is 10.3 Å². The van der Waals surface area contributed by atoms with Crippen molar-refractivity contribution >= 4 is 37.1 Å². The Morgan fingerprint density at radius 3 is 2.52 bits per heavy atom. The molecule has 3 rings (SSSR count). The Hall–Kier alpha value is -2.39. The molecule has 0 aliphatic heterocycles. The zero-order chi connectivity index (χ0) is 16.6. The van der Waals surface area contributed by atoms with Crippen molar-refractivity contribution in [3.05, 3.63) is 64.0 Å². The predicted octanol–water partition coefficient (Wildman–Crippen LogP) is 3.32. The lowest BCUT2D eigenvalue weighted by molar-refractivity contribution is -0.384. The molecule has 0 saturated carbocycles. The van der Waals surface area contributed by atoms with Crippen molar-refractivity contribution in [2.24, 2.45) is 0 Å². The number of rotatable bonds is 4. The molecule has 0 unspecified atom stereocenters. The molecule has 118 valence electrons. The van der Waals surface area contributed by atoms with E-state index in [2.05, 4.69) is 4.98 Å². The third kappa shape index (κ3) is 3.20. The predicted molar refractivity (Wildman–Crippen MR) is 83.6 cm³/mol. The van der Waals surface area contributed by atoms with Gasteiger partial charge in [-0.3, -0.25) is 10.1 Å². The molecule has 0 aliphatic rings. The number of nitro groups is 1. The van der Waals surface area contributed by atoms with Crippen LogP contribution in [0.15, 0.2) is 46.8 Å². The monoisotopic (exact) mass is 352 g/mol. The summed E-state index contributed by atoms with van der Waals surface area (Å²) in [6.07, 6.45) is 0. The van der Waals surface area contributed by atoms with Crippen LogP contribution in [0.25, 0.3) is 10.2 Å². The van der Waals surface area contributed by atoms with Gasteiger partial charge < -0.3 is 0 Å². The lowest BCUT2D eigenvalue weighted by Crippen LogP contribution is -2.04. The number of sulfone groups is 1. The molecule has 6 nitrogen and oxygen atoms in total. The molecule has 0 fully saturated rings. The molecule has 0 radical (unpaired) electrons. The van der Waals surface area contributed by atoms with Crippen LogP contribution in [0.2, 0.25) is 0 Å². The molecule has 0 bridgehead atoms. The molecule has 0 N–H and O–H groups in total. The first-order chi connectivity index (χ1) is 10.8. The minimum Gasteiger partial charge on any atom is -0.258 e. The SMILES string of the molecule is O=[N+]([O-])c1ccc2sc(S(=O)(=O)Cc3ccc(F)cc3)nc2c1. The first-order valence-corrected chi connectivity index (χ1v) is 8.84.